The van der Waals surface area contributed by atoms with Gasteiger partial charge < -0.3 is 10.8 Å². The second kappa shape index (κ2) is 3.94. The highest BCUT2D eigenvalue weighted by atomic mass is 19.1. The number of para-hydroxylation sites is 1. The first-order valence-corrected chi connectivity index (χ1v) is 4.80. The van der Waals surface area contributed by atoms with Gasteiger partial charge >= 0.3 is 0 Å². The lowest BCUT2D eigenvalue weighted by atomic mass is 10.0. The molecule has 0 saturated carbocycles. The van der Waals surface area contributed by atoms with E-state index in [9.17, 15) is 9.50 Å². The Hall–Kier alpha value is -1.88. The number of nitrogens with two attached hydrogens (primary N) is 1. The number of halogens is 1. The third-order valence-electron chi connectivity index (χ3n) is 2.42. The number of aryl methyl sites for hydroxylation is 1. The zero-order valence-corrected chi connectivity index (χ0v) is 8.76. The number of hydrogen-bond acceptors (Lipinski definition) is 3. The summed E-state index contributed by atoms with van der Waals surface area (Å²) >= 11 is 0. The average molecular weight is 221 g/mol. The van der Waals surface area contributed by atoms with E-state index in [0.717, 1.165) is 0 Å². The number of nitrogens with zero attached hydrogens (tertiary/aromatic N) is 2. The summed E-state index contributed by atoms with van der Waals surface area (Å²) in [5, 5.41) is 13.9. The van der Waals surface area contributed by atoms with Gasteiger partial charge in [0.1, 0.15) is 11.9 Å². The highest BCUT2D eigenvalue weighted by Crippen LogP contribution is 2.27. The van der Waals surface area contributed by atoms with E-state index in [-0.39, 0.29) is 5.69 Å². The molecule has 0 aliphatic rings. The van der Waals surface area contributed by atoms with Crippen molar-refractivity contribution in [2.45, 2.75) is 6.10 Å². The van der Waals surface area contributed by atoms with E-state index in [0.29, 0.717) is 11.1 Å². The Morgan fingerprint density at radius 3 is 2.88 bits per heavy atom. The Bertz CT molecular complexity index is 510. The molecule has 0 fully saturated rings. The van der Waals surface area contributed by atoms with Crippen LogP contribution in [0.3, 0.4) is 0 Å². The number of aromatic nitrogens is 2. The zero-order chi connectivity index (χ0) is 11.7. The van der Waals surface area contributed by atoms with Gasteiger partial charge in [0.05, 0.1) is 11.9 Å². The summed E-state index contributed by atoms with van der Waals surface area (Å²) in [4.78, 5) is 0. The van der Waals surface area contributed by atoms with Gasteiger partial charge in [0.15, 0.2) is 0 Å². The summed E-state index contributed by atoms with van der Waals surface area (Å²) in [5.74, 6) is -0.527. The molecule has 1 aromatic carbocycles. The monoisotopic (exact) mass is 221 g/mol. The lowest BCUT2D eigenvalue weighted by molar-refractivity contribution is 0.220. The molecule has 1 aromatic heterocycles. The fourth-order valence-electron chi connectivity index (χ4n) is 1.55. The summed E-state index contributed by atoms with van der Waals surface area (Å²) in [5.41, 5.74) is 6.47. The first-order valence-electron chi connectivity index (χ1n) is 4.80. The lowest BCUT2D eigenvalue weighted by Crippen LogP contribution is -2.04. The molecule has 1 unspecified atom stereocenters. The second-order valence-corrected chi connectivity index (χ2v) is 3.59. The number of hydrogen-bond donors (Lipinski definition) is 2. The molecule has 16 heavy (non-hydrogen) atoms. The predicted octanol–water partition coefficient (Wildman–Crippen LogP) is 1.22. The molecule has 0 radical (unpaired) electrons. The maximum atomic E-state index is 13.2. The summed E-state index contributed by atoms with van der Waals surface area (Å²) in [6.45, 7) is 0. The molecule has 1 atom stereocenters. The summed E-state index contributed by atoms with van der Waals surface area (Å²) < 4.78 is 14.8. The van der Waals surface area contributed by atoms with Crippen LogP contribution in [0.15, 0.2) is 30.6 Å². The van der Waals surface area contributed by atoms with Crippen molar-refractivity contribution in [1.82, 2.24) is 9.78 Å². The van der Waals surface area contributed by atoms with Gasteiger partial charge in [-0.25, -0.2) is 4.39 Å². The Morgan fingerprint density at radius 2 is 2.25 bits per heavy atom. The number of benzene rings is 1. The van der Waals surface area contributed by atoms with Crippen LogP contribution in [0.25, 0.3) is 0 Å². The number of aliphatic hydroxyl groups excluding tert-OH is 1. The maximum Gasteiger partial charge on any atom is 0.146 e. The van der Waals surface area contributed by atoms with Crippen LogP contribution in [0.4, 0.5) is 10.1 Å². The van der Waals surface area contributed by atoms with Crippen LogP contribution >= 0.6 is 0 Å². The SMILES string of the molecule is Cn1cc(C(O)c2cccc(F)c2N)cn1. The van der Waals surface area contributed by atoms with Crippen molar-refractivity contribution >= 4 is 5.69 Å². The molecule has 0 aliphatic heterocycles. The average Bonchev–Trinajstić information content (AvgIpc) is 2.68. The minimum atomic E-state index is -0.954. The minimum Gasteiger partial charge on any atom is -0.396 e. The van der Waals surface area contributed by atoms with Gasteiger partial charge in [-0.1, -0.05) is 12.1 Å². The van der Waals surface area contributed by atoms with Crippen LogP contribution in [0.1, 0.15) is 17.2 Å². The molecule has 0 saturated heterocycles. The van der Waals surface area contributed by atoms with Crippen LogP contribution in [-0.4, -0.2) is 14.9 Å². The standard InChI is InChI=1S/C11H12FN3O/c1-15-6-7(5-14-15)11(16)8-3-2-4-9(12)10(8)13/h2-6,11,16H,13H2,1H3. The number of rotatable bonds is 2. The van der Waals surface area contributed by atoms with Gasteiger partial charge in [-0.3, -0.25) is 4.68 Å². The van der Waals surface area contributed by atoms with Gasteiger partial charge in [0, 0.05) is 24.4 Å². The normalized spacial score (nSPS) is 12.7. The van der Waals surface area contributed by atoms with Crippen LogP contribution in [0, 0.1) is 5.82 Å². The largest absolute Gasteiger partial charge is 0.396 e. The highest BCUT2D eigenvalue weighted by Gasteiger charge is 2.16. The van der Waals surface area contributed by atoms with Gasteiger partial charge in [-0.15, -0.1) is 0 Å². The van der Waals surface area contributed by atoms with Crippen molar-refractivity contribution < 1.29 is 9.50 Å². The highest BCUT2D eigenvalue weighted by molar-refractivity contribution is 5.51. The van der Waals surface area contributed by atoms with E-state index in [4.69, 9.17) is 5.73 Å². The summed E-state index contributed by atoms with van der Waals surface area (Å²) in [6, 6.07) is 4.37. The first kappa shape index (κ1) is 10.6. The molecule has 0 amide bonds. The topological polar surface area (TPSA) is 64.1 Å². The molecule has 5 heteroatoms. The molecule has 1 heterocycles. The van der Waals surface area contributed by atoms with Crippen molar-refractivity contribution in [1.29, 1.82) is 0 Å². The van der Waals surface area contributed by atoms with E-state index in [1.54, 1.807) is 24.0 Å². The van der Waals surface area contributed by atoms with Gasteiger partial charge in [-0.2, -0.15) is 5.10 Å². The van der Waals surface area contributed by atoms with Crippen LogP contribution in [0.2, 0.25) is 0 Å². The lowest BCUT2D eigenvalue weighted by Gasteiger charge is -2.11. The van der Waals surface area contributed by atoms with Crippen LogP contribution in [0.5, 0.6) is 0 Å². The van der Waals surface area contributed by atoms with Crippen molar-refractivity contribution in [3.63, 3.8) is 0 Å². The van der Waals surface area contributed by atoms with E-state index in [2.05, 4.69) is 5.10 Å². The summed E-state index contributed by atoms with van der Waals surface area (Å²) in [7, 11) is 1.74. The molecular weight excluding hydrogens is 209 g/mol. The predicted molar refractivity (Wildman–Crippen MR) is 58.1 cm³/mol. The molecule has 0 spiro atoms. The van der Waals surface area contributed by atoms with Crippen molar-refractivity contribution in [3.8, 4) is 0 Å². The molecule has 0 aliphatic carbocycles. The smallest absolute Gasteiger partial charge is 0.146 e. The van der Waals surface area contributed by atoms with E-state index in [1.165, 1.54) is 18.3 Å². The van der Waals surface area contributed by atoms with E-state index < -0.39 is 11.9 Å². The van der Waals surface area contributed by atoms with Crippen molar-refractivity contribution in [3.05, 3.63) is 47.5 Å². The third-order valence-corrected chi connectivity index (χ3v) is 2.42. The molecule has 4 nitrogen and oxygen atoms in total. The van der Waals surface area contributed by atoms with Gasteiger partial charge in [-0.05, 0) is 6.07 Å². The molecule has 84 valence electrons. The molecule has 2 rings (SSSR count). The van der Waals surface area contributed by atoms with Gasteiger partial charge in [0.2, 0.25) is 0 Å². The number of aliphatic hydroxyl groups is 1. The van der Waals surface area contributed by atoms with E-state index >= 15 is 0 Å². The first-order chi connectivity index (χ1) is 7.59. The minimum absolute atomic E-state index is 0.0288. The van der Waals surface area contributed by atoms with Crippen LogP contribution in [-0.2, 0) is 7.05 Å². The fourth-order valence-corrected chi connectivity index (χ4v) is 1.55. The number of anilines is 1. The molecular formula is C11H12FN3O. The van der Waals surface area contributed by atoms with Crippen molar-refractivity contribution in [2.75, 3.05) is 5.73 Å². The Labute approximate surface area is 92.1 Å². The van der Waals surface area contributed by atoms with E-state index in [1.807, 2.05) is 0 Å². The van der Waals surface area contributed by atoms with Crippen LogP contribution < -0.4 is 5.73 Å². The summed E-state index contributed by atoms with van der Waals surface area (Å²) in [6.07, 6.45) is 2.23. The molecule has 2 aromatic rings. The maximum absolute atomic E-state index is 13.2. The van der Waals surface area contributed by atoms with Gasteiger partial charge in [0.25, 0.3) is 0 Å². The zero-order valence-electron chi connectivity index (χ0n) is 8.76. The molecule has 0 bridgehead atoms. The number of nitrogen functional groups attached to an aromatic ring is 1. The third kappa shape index (κ3) is 1.77. The Balaban J connectivity index is 2.41. The fraction of sp³-hybridized carbons (Fsp3) is 0.182. The Kier molecular flexibility index (Phi) is 2.62. The second-order valence-electron chi connectivity index (χ2n) is 3.59. The molecule has 3 N–H and O–H groups in total. The van der Waals surface area contributed by atoms with Crippen molar-refractivity contribution in [2.24, 2.45) is 7.05 Å². The quantitative estimate of drug-likeness (QED) is 0.749. The Morgan fingerprint density at radius 1 is 1.50 bits per heavy atom.